The van der Waals surface area contributed by atoms with Crippen LogP contribution in [0.1, 0.15) is 38.4 Å². The monoisotopic (exact) mass is 488 g/mol. The van der Waals surface area contributed by atoms with Crippen LogP contribution in [0.25, 0.3) is 5.69 Å². The summed E-state index contributed by atoms with van der Waals surface area (Å²) in [6.45, 7) is 7.71. The predicted octanol–water partition coefficient (Wildman–Crippen LogP) is 4.84. The Morgan fingerprint density at radius 2 is 1.71 bits per heavy atom. The summed E-state index contributed by atoms with van der Waals surface area (Å²) in [6.07, 6.45) is 3.60. The molecular formula is C27H28N4O3S. The highest BCUT2D eigenvalue weighted by Crippen LogP contribution is 2.24. The Kier molecular flexibility index (Phi) is 6.75. The first kappa shape index (κ1) is 24.2. The minimum atomic E-state index is -3.88. The number of hydrogen-bond donors (Lipinski definition) is 2. The highest BCUT2D eigenvalue weighted by atomic mass is 32.2. The van der Waals surface area contributed by atoms with Crippen LogP contribution in [0.5, 0.6) is 0 Å². The average molecular weight is 489 g/mol. The van der Waals surface area contributed by atoms with E-state index in [1.807, 2.05) is 67.9 Å². The van der Waals surface area contributed by atoms with Gasteiger partial charge in [-0.15, -0.1) is 0 Å². The summed E-state index contributed by atoms with van der Waals surface area (Å²) in [6, 6.07) is 17.9. The van der Waals surface area contributed by atoms with E-state index < -0.39 is 10.0 Å². The Morgan fingerprint density at radius 1 is 0.943 bits per heavy atom. The quantitative estimate of drug-likeness (QED) is 0.389. The van der Waals surface area contributed by atoms with Crippen molar-refractivity contribution in [3.05, 3.63) is 107 Å². The number of nitrogens with zero attached hydrogens (tertiary/aromatic N) is 2. The molecule has 0 saturated heterocycles. The van der Waals surface area contributed by atoms with Crippen molar-refractivity contribution in [2.45, 2.75) is 39.1 Å². The topological polar surface area (TPSA) is 93.1 Å². The molecule has 4 rings (SSSR count). The zero-order valence-corrected chi connectivity index (χ0v) is 21.0. The fourth-order valence-corrected chi connectivity index (χ4v) is 5.37. The molecule has 0 atom stereocenters. The van der Waals surface area contributed by atoms with Gasteiger partial charge in [0.1, 0.15) is 5.82 Å². The number of aryl methyl sites for hydroxylation is 4. The Morgan fingerprint density at radius 3 is 2.43 bits per heavy atom. The minimum Gasteiger partial charge on any atom is -0.348 e. The molecule has 8 heteroatoms. The molecule has 0 aliphatic carbocycles. The van der Waals surface area contributed by atoms with Crippen LogP contribution in [0.4, 0.5) is 5.69 Å². The highest BCUT2D eigenvalue weighted by Gasteiger charge is 2.20. The van der Waals surface area contributed by atoms with Gasteiger partial charge in [-0.3, -0.25) is 9.52 Å². The third-order valence-corrected chi connectivity index (χ3v) is 7.39. The molecule has 0 unspecified atom stereocenters. The molecule has 35 heavy (non-hydrogen) atoms. The van der Waals surface area contributed by atoms with Gasteiger partial charge >= 0.3 is 0 Å². The van der Waals surface area contributed by atoms with Crippen molar-refractivity contribution in [2.75, 3.05) is 4.72 Å². The molecule has 7 nitrogen and oxygen atoms in total. The molecule has 0 fully saturated rings. The van der Waals surface area contributed by atoms with Gasteiger partial charge in [0.2, 0.25) is 0 Å². The Labute approximate surface area is 205 Å². The molecular weight excluding hydrogens is 460 g/mol. The summed E-state index contributed by atoms with van der Waals surface area (Å²) in [4.78, 5) is 17.3. The molecule has 0 aliphatic heterocycles. The van der Waals surface area contributed by atoms with Crippen LogP contribution in [0.2, 0.25) is 0 Å². The second-order valence-electron chi connectivity index (χ2n) is 8.56. The molecule has 0 bridgehead atoms. The number of anilines is 1. The third kappa shape index (κ3) is 5.27. The normalized spacial score (nSPS) is 11.3. The van der Waals surface area contributed by atoms with Crippen LogP contribution >= 0.6 is 0 Å². The SMILES string of the molecule is Cc1ccc(NS(=O)(=O)c2cc(C(=O)NCc3ccccc3-n3ccnc3C)ccc2C)c(C)c1. The number of carbonyl (C=O) groups excluding carboxylic acids is 1. The summed E-state index contributed by atoms with van der Waals surface area (Å²) in [7, 11) is -3.88. The van der Waals surface area contributed by atoms with Crippen molar-refractivity contribution in [3.8, 4) is 5.69 Å². The molecule has 1 heterocycles. The van der Waals surface area contributed by atoms with Gasteiger partial charge in [-0.2, -0.15) is 0 Å². The number of sulfonamides is 1. The Hall–Kier alpha value is -3.91. The fraction of sp³-hybridized carbons (Fsp3) is 0.185. The summed E-state index contributed by atoms with van der Waals surface area (Å²) in [5.74, 6) is 0.485. The number of imidazole rings is 1. The number of benzene rings is 3. The summed E-state index contributed by atoms with van der Waals surface area (Å²) in [5, 5.41) is 2.91. The molecule has 1 amide bonds. The molecule has 0 spiro atoms. The van der Waals surface area contributed by atoms with Gasteiger partial charge in [-0.1, -0.05) is 42.0 Å². The smallest absolute Gasteiger partial charge is 0.262 e. The maximum absolute atomic E-state index is 13.2. The molecule has 0 radical (unpaired) electrons. The van der Waals surface area contributed by atoms with E-state index in [-0.39, 0.29) is 22.9 Å². The molecule has 4 aromatic rings. The summed E-state index contributed by atoms with van der Waals surface area (Å²) >= 11 is 0. The molecule has 0 aliphatic rings. The number of para-hydroxylation sites is 1. The standard InChI is InChI=1S/C27H28N4O3S/c1-18-9-12-24(20(3)15-18)30-35(33,34)26-16-22(11-10-19(26)2)27(32)29-17-23-7-5-6-8-25(23)31-14-13-28-21(31)4/h5-16,30H,17H2,1-4H3,(H,29,32). The molecule has 3 aromatic carbocycles. The number of hydrogen-bond acceptors (Lipinski definition) is 4. The van der Waals surface area contributed by atoms with Crippen LogP contribution in [-0.4, -0.2) is 23.9 Å². The lowest BCUT2D eigenvalue weighted by Crippen LogP contribution is -2.24. The Balaban J connectivity index is 1.55. The highest BCUT2D eigenvalue weighted by molar-refractivity contribution is 7.92. The van der Waals surface area contributed by atoms with Gasteiger partial charge in [0, 0.05) is 24.5 Å². The van der Waals surface area contributed by atoms with Crippen LogP contribution in [0, 0.1) is 27.7 Å². The molecule has 180 valence electrons. The van der Waals surface area contributed by atoms with Gasteiger partial charge < -0.3 is 9.88 Å². The number of rotatable bonds is 7. The average Bonchev–Trinajstić information content (AvgIpc) is 3.25. The number of amides is 1. The lowest BCUT2D eigenvalue weighted by Gasteiger charge is -2.15. The lowest BCUT2D eigenvalue weighted by atomic mass is 10.1. The van der Waals surface area contributed by atoms with E-state index in [0.29, 0.717) is 11.3 Å². The van der Waals surface area contributed by atoms with Crippen molar-refractivity contribution < 1.29 is 13.2 Å². The van der Waals surface area contributed by atoms with Crippen LogP contribution in [0.15, 0.2) is 78.0 Å². The van der Waals surface area contributed by atoms with Crippen molar-refractivity contribution in [1.82, 2.24) is 14.9 Å². The van der Waals surface area contributed by atoms with Crippen molar-refractivity contribution in [3.63, 3.8) is 0 Å². The largest absolute Gasteiger partial charge is 0.348 e. The van der Waals surface area contributed by atoms with Gasteiger partial charge in [0.25, 0.3) is 15.9 Å². The van der Waals surface area contributed by atoms with Gasteiger partial charge in [-0.25, -0.2) is 13.4 Å². The summed E-state index contributed by atoms with van der Waals surface area (Å²) < 4.78 is 31.0. The number of carbonyl (C=O) groups is 1. The van der Waals surface area contributed by atoms with Crippen LogP contribution < -0.4 is 10.0 Å². The minimum absolute atomic E-state index is 0.0690. The van der Waals surface area contributed by atoms with Crippen LogP contribution in [-0.2, 0) is 16.6 Å². The van der Waals surface area contributed by atoms with Crippen molar-refractivity contribution in [2.24, 2.45) is 0 Å². The first-order valence-corrected chi connectivity index (χ1v) is 12.7. The third-order valence-electron chi connectivity index (χ3n) is 5.88. The van der Waals surface area contributed by atoms with E-state index in [1.165, 1.54) is 6.07 Å². The fourth-order valence-electron chi connectivity index (χ4n) is 3.96. The number of nitrogens with one attached hydrogen (secondary N) is 2. The molecule has 1 aromatic heterocycles. The zero-order chi connectivity index (χ0) is 25.2. The van der Waals surface area contributed by atoms with E-state index in [9.17, 15) is 13.2 Å². The van der Waals surface area contributed by atoms with E-state index in [0.717, 1.165) is 28.2 Å². The lowest BCUT2D eigenvalue weighted by molar-refractivity contribution is 0.0950. The van der Waals surface area contributed by atoms with Crippen molar-refractivity contribution >= 4 is 21.6 Å². The Bertz CT molecular complexity index is 1510. The maximum Gasteiger partial charge on any atom is 0.262 e. The molecule has 0 saturated carbocycles. The second kappa shape index (κ2) is 9.76. The van der Waals surface area contributed by atoms with Gasteiger partial charge in [0.05, 0.1) is 16.3 Å². The van der Waals surface area contributed by atoms with Gasteiger partial charge in [-0.05, 0) is 68.7 Å². The van der Waals surface area contributed by atoms with E-state index in [1.54, 1.807) is 31.3 Å². The molecule has 2 N–H and O–H groups in total. The second-order valence-corrected chi connectivity index (χ2v) is 10.2. The predicted molar refractivity (Wildman–Crippen MR) is 137 cm³/mol. The van der Waals surface area contributed by atoms with E-state index in [4.69, 9.17) is 0 Å². The van der Waals surface area contributed by atoms with Gasteiger partial charge in [0.15, 0.2) is 0 Å². The zero-order valence-electron chi connectivity index (χ0n) is 20.2. The first-order valence-electron chi connectivity index (χ1n) is 11.2. The summed E-state index contributed by atoms with van der Waals surface area (Å²) in [5.41, 5.74) is 5.05. The first-order chi connectivity index (χ1) is 16.7. The maximum atomic E-state index is 13.2. The van der Waals surface area contributed by atoms with Crippen molar-refractivity contribution in [1.29, 1.82) is 0 Å². The van der Waals surface area contributed by atoms with E-state index >= 15 is 0 Å². The number of aromatic nitrogens is 2. The van der Waals surface area contributed by atoms with Crippen LogP contribution in [0.3, 0.4) is 0 Å². The van der Waals surface area contributed by atoms with E-state index in [2.05, 4.69) is 15.0 Å².